The molecule has 24 heavy (non-hydrogen) atoms. The third-order valence-electron chi connectivity index (χ3n) is 4.56. The molecule has 2 aliphatic rings. The van der Waals surface area contributed by atoms with E-state index < -0.39 is 5.60 Å². The molecule has 0 aromatic heterocycles. The number of rotatable bonds is 3. The summed E-state index contributed by atoms with van der Waals surface area (Å²) in [6, 6.07) is 10.3. The van der Waals surface area contributed by atoms with Gasteiger partial charge in [0.1, 0.15) is 5.60 Å². The Labute approximate surface area is 143 Å². The third-order valence-corrected chi connectivity index (χ3v) is 4.56. The summed E-state index contributed by atoms with van der Waals surface area (Å²) in [7, 11) is 0. The molecule has 130 valence electrons. The number of carbonyl (C=O) groups excluding carboxylic acids is 2. The van der Waals surface area contributed by atoms with Gasteiger partial charge in [-0.2, -0.15) is 0 Å². The van der Waals surface area contributed by atoms with Gasteiger partial charge < -0.3 is 15.0 Å². The molecule has 1 aromatic carbocycles. The Morgan fingerprint density at radius 3 is 2.58 bits per heavy atom. The molecule has 0 radical (unpaired) electrons. The van der Waals surface area contributed by atoms with Crippen molar-refractivity contribution in [2.75, 3.05) is 6.54 Å². The number of amides is 2. The lowest BCUT2D eigenvalue weighted by Crippen LogP contribution is -2.50. The van der Waals surface area contributed by atoms with Crippen LogP contribution in [-0.4, -0.2) is 41.1 Å². The standard InChI is InChI=1S/C19H26N2O3/c1-19(2,3)24-18(23)21(14-9-10-20-17(22)11-14)16-12-15(16)13-7-5-4-6-8-13/h4-8,14-16H,9-12H2,1-3H3,(H,20,22)/t14?,15-,16+/m0/s1. The van der Waals surface area contributed by atoms with Crippen molar-refractivity contribution in [3.63, 3.8) is 0 Å². The first kappa shape index (κ1) is 16.8. The lowest BCUT2D eigenvalue weighted by molar-refractivity contribution is -0.123. The lowest BCUT2D eigenvalue weighted by atomic mass is 10.0. The van der Waals surface area contributed by atoms with Gasteiger partial charge >= 0.3 is 6.09 Å². The third kappa shape index (κ3) is 3.89. The minimum Gasteiger partial charge on any atom is -0.444 e. The van der Waals surface area contributed by atoms with Gasteiger partial charge in [0, 0.05) is 31.0 Å². The first-order chi connectivity index (χ1) is 11.3. The molecule has 1 saturated carbocycles. The van der Waals surface area contributed by atoms with Crippen molar-refractivity contribution in [1.82, 2.24) is 10.2 Å². The Morgan fingerprint density at radius 2 is 1.96 bits per heavy atom. The quantitative estimate of drug-likeness (QED) is 0.926. The van der Waals surface area contributed by atoms with Crippen LogP contribution in [0.25, 0.3) is 0 Å². The fourth-order valence-corrected chi connectivity index (χ4v) is 3.42. The summed E-state index contributed by atoms with van der Waals surface area (Å²) in [6.07, 6.45) is 1.77. The van der Waals surface area contributed by atoms with E-state index in [0.29, 0.717) is 18.9 Å². The number of hydrogen-bond donors (Lipinski definition) is 1. The lowest BCUT2D eigenvalue weighted by Gasteiger charge is -2.36. The zero-order valence-corrected chi connectivity index (χ0v) is 14.6. The highest BCUT2D eigenvalue weighted by molar-refractivity contribution is 5.79. The van der Waals surface area contributed by atoms with Crippen LogP contribution < -0.4 is 5.32 Å². The van der Waals surface area contributed by atoms with Crippen LogP contribution >= 0.6 is 0 Å². The molecule has 1 aliphatic heterocycles. The largest absolute Gasteiger partial charge is 0.444 e. The molecule has 3 atom stereocenters. The van der Waals surface area contributed by atoms with Gasteiger partial charge in [-0.15, -0.1) is 0 Å². The Bertz CT molecular complexity index is 609. The molecule has 5 heteroatoms. The molecule has 1 aliphatic carbocycles. The molecule has 1 aromatic rings. The summed E-state index contributed by atoms with van der Waals surface area (Å²) in [5, 5.41) is 2.84. The number of hydrogen-bond acceptors (Lipinski definition) is 3. The first-order valence-corrected chi connectivity index (χ1v) is 8.68. The van der Waals surface area contributed by atoms with Gasteiger partial charge in [-0.1, -0.05) is 30.3 Å². The van der Waals surface area contributed by atoms with Gasteiger partial charge in [-0.3, -0.25) is 4.79 Å². The van der Waals surface area contributed by atoms with E-state index >= 15 is 0 Å². The van der Waals surface area contributed by atoms with Crippen LogP contribution in [0.15, 0.2) is 30.3 Å². The molecule has 1 heterocycles. The Morgan fingerprint density at radius 1 is 1.25 bits per heavy atom. The van der Waals surface area contributed by atoms with E-state index in [-0.39, 0.29) is 24.1 Å². The van der Waals surface area contributed by atoms with E-state index in [4.69, 9.17) is 4.74 Å². The SMILES string of the molecule is CC(C)(C)OC(=O)N(C1CCNC(=O)C1)[C@@H]1C[C@H]1c1ccccc1. The molecule has 2 amide bonds. The van der Waals surface area contributed by atoms with Crippen molar-refractivity contribution in [3.05, 3.63) is 35.9 Å². The van der Waals surface area contributed by atoms with E-state index in [0.717, 1.165) is 12.8 Å². The van der Waals surface area contributed by atoms with Gasteiger partial charge in [-0.05, 0) is 39.2 Å². The van der Waals surface area contributed by atoms with Crippen LogP contribution in [0, 0.1) is 0 Å². The monoisotopic (exact) mass is 330 g/mol. The molecule has 1 N–H and O–H groups in total. The van der Waals surface area contributed by atoms with Gasteiger partial charge in [0.05, 0.1) is 0 Å². The predicted molar refractivity (Wildman–Crippen MR) is 91.7 cm³/mol. The summed E-state index contributed by atoms with van der Waals surface area (Å²) in [6.45, 7) is 6.24. The van der Waals surface area contributed by atoms with Crippen LogP contribution in [0.2, 0.25) is 0 Å². The molecule has 0 spiro atoms. The second kappa shape index (κ2) is 6.46. The highest BCUT2D eigenvalue weighted by Crippen LogP contribution is 2.46. The Balaban J connectivity index is 1.78. The molecular weight excluding hydrogens is 304 g/mol. The molecule has 1 unspecified atom stereocenters. The number of carbonyl (C=O) groups is 2. The predicted octanol–water partition coefficient (Wildman–Crippen LogP) is 3.06. The number of benzene rings is 1. The van der Waals surface area contributed by atoms with Gasteiger partial charge in [0.25, 0.3) is 0 Å². The highest BCUT2D eigenvalue weighted by Gasteiger charge is 2.49. The summed E-state index contributed by atoms with van der Waals surface area (Å²) >= 11 is 0. The zero-order valence-electron chi connectivity index (χ0n) is 14.6. The second-order valence-electron chi connectivity index (χ2n) is 7.70. The second-order valence-corrected chi connectivity index (χ2v) is 7.70. The summed E-state index contributed by atoms with van der Waals surface area (Å²) in [5.41, 5.74) is 0.708. The van der Waals surface area contributed by atoms with Crippen molar-refractivity contribution in [3.8, 4) is 0 Å². The van der Waals surface area contributed by atoms with Crippen LogP contribution in [0.1, 0.15) is 51.5 Å². The molecule has 2 fully saturated rings. The van der Waals surface area contributed by atoms with Crippen LogP contribution in [-0.2, 0) is 9.53 Å². The van der Waals surface area contributed by atoms with Crippen molar-refractivity contribution >= 4 is 12.0 Å². The zero-order chi connectivity index (χ0) is 17.3. The average Bonchev–Trinajstić information content (AvgIpc) is 3.27. The van der Waals surface area contributed by atoms with E-state index in [1.54, 1.807) is 0 Å². The smallest absolute Gasteiger partial charge is 0.410 e. The molecule has 1 saturated heterocycles. The van der Waals surface area contributed by atoms with E-state index in [2.05, 4.69) is 17.4 Å². The first-order valence-electron chi connectivity index (χ1n) is 8.68. The maximum absolute atomic E-state index is 12.8. The van der Waals surface area contributed by atoms with Crippen molar-refractivity contribution in [2.24, 2.45) is 0 Å². The van der Waals surface area contributed by atoms with E-state index in [9.17, 15) is 9.59 Å². The number of ether oxygens (including phenoxy) is 1. The maximum Gasteiger partial charge on any atom is 0.410 e. The van der Waals surface area contributed by atoms with Crippen molar-refractivity contribution in [1.29, 1.82) is 0 Å². The Kier molecular flexibility index (Phi) is 4.52. The minimum atomic E-state index is -0.538. The normalized spacial score (nSPS) is 26.5. The van der Waals surface area contributed by atoms with E-state index in [1.165, 1.54) is 5.56 Å². The summed E-state index contributed by atoms with van der Waals surface area (Å²) in [5.74, 6) is 0.348. The number of nitrogens with one attached hydrogen (secondary N) is 1. The van der Waals surface area contributed by atoms with Crippen LogP contribution in [0.5, 0.6) is 0 Å². The van der Waals surface area contributed by atoms with Crippen molar-refractivity contribution in [2.45, 2.75) is 63.6 Å². The molecular formula is C19H26N2O3. The van der Waals surface area contributed by atoms with Crippen molar-refractivity contribution < 1.29 is 14.3 Å². The number of piperidine rings is 1. The minimum absolute atomic E-state index is 0.0109. The van der Waals surface area contributed by atoms with Crippen LogP contribution in [0.3, 0.4) is 0 Å². The topological polar surface area (TPSA) is 58.6 Å². The fourth-order valence-electron chi connectivity index (χ4n) is 3.42. The fraction of sp³-hybridized carbons (Fsp3) is 0.579. The van der Waals surface area contributed by atoms with E-state index in [1.807, 2.05) is 43.9 Å². The van der Waals surface area contributed by atoms with Gasteiger partial charge in [0.15, 0.2) is 0 Å². The maximum atomic E-state index is 12.8. The molecule has 5 nitrogen and oxygen atoms in total. The highest BCUT2D eigenvalue weighted by atomic mass is 16.6. The number of nitrogens with zero attached hydrogens (tertiary/aromatic N) is 1. The summed E-state index contributed by atoms with van der Waals surface area (Å²) < 4.78 is 5.63. The molecule has 3 rings (SSSR count). The van der Waals surface area contributed by atoms with Crippen LogP contribution in [0.4, 0.5) is 4.79 Å². The van der Waals surface area contributed by atoms with Gasteiger partial charge in [0.2, 0.25) is 5.91 Å². The van der Waals surface area contributed by atoms with Gasteiger partial charge in [-0.25, -0.2) is 4.79 Å². The molecule has 0 bridgehead atoms. The summed E-state index contributed by atoms with van der Waals surface area (Å²) in [4.78, 5) is 26.4. The average molecular weight is 330 g/mol. The Hall–Kier alpha value is -2.04.